The van der Waals surface area contributed by atoms with Crippen molar-refractivity contribution in [1.82, 2.24) is 4.98 Å². The minimum atomic E-state index is -0.0183. The number of aryl methyl sites for hydroxylation is 3. The lowest BCUT2D eigenvalue weighted by Crippen LogP contribution is -2.12. The number of anilines is 1. The van der Waals surface area contributed by atoms with Crippen LogP contribution in [-0.4, -0.2) is 18.0 Å². The van der Waals surface area contributed by atoms with Gasteiger partial charge in [0.05, 0.1) is 12.8 Å². The summed E-state index contributed by atoms with van der Waals surface area (Å²) >= 11 is 1.59. The first-order valence-electron chi connectivity index (χ1n) is 8.74. The molecular formula is C21H20N2O2S. The zero-order chi connectivity index (χ0) is 17.9. The summed E-state index contributed by atoms with van der Waals surface area (Å²) < 4.78 is 5.34. The molecule has 26 heavy (non-hydrogen) atoms. The van der Waals surface area contributed by atoms with Gasteiger partial charge in [0.15, 0.2) is 5.13 Å². The van der Waals surface area contributed by atoms with Crippen LogP contribution in [0.25, 0.3) is 11.3 Å². The summed E-state index contributed by atoms with van der Waals surface area (Å²) in [5.41, 5.74) is 4.59. The van der Waals surface area contributed by atoms with Gasteiger partial charge in [0.2, 0.25) is 5.91 Å². The Labute approximate surface area is 156 Å². The Morgan fingerprint density at radius 1 is 1.15 bits per heavy atom. The maximum absolute atomic E-state index is 12.4. The molecule has 0 saturated heterocycles. The summed E-state index contributed by atoms with van der Waals surface area (Å²) in [6.07, 6.45) is 3.07. The van der Waals surface area contributed by atoms with Gasteiger partial charge in [0, 0.05) is 16.9 Å². The summed E-state index contributed by atoms with van der Waals surface area (Å²) in [5, 5.41) is 3.66. The van der Waals surface area contributed by atoms with Gasteiger partial charge in [-0.15, -0.1) is 11.3 Å². The zero-order valence-corrected chi connectivity index (χ0v) is 15.4. The Hall–Kier alpha value is -2.66. The van der Waals surface area contributed by atoms with Crippen LogP contribution in [0, 0.1) is 0 Å². The third-order valence-electron chi connectivity index (χ3n) is 4.65. The predicted octanol–water partition coefficient (Wildman–Crippen LogP) is 4.49. The van der Waals surface area contributed by atoms with Crippen LogP contribution in [0.2, 0.25) is 0 Å². The molecule has 0 bridgehead atoms. The largest absolute Gasteiger partial charge is 0.496 e. The van der Waals surface area contributed by atoms with Gasteiger partial charge in [0.25, 0.3) is 0 Å². The first kappa shape index (κ1) is 16.8. The van der Waals surface area contributed by atoms with Crippen LogP contribution < -0.4 is 10.1 Å². The van der Waals surface area contributed by atoms with Crippen LogP contribution in [0.4, 0.5) is 5.13 Å². The molecule has 2 aromatic carbocycles. The normalized spacial score (nSPS) is 12.2. The molecule has 1 amide bonds. The van der Waals surface area contributed by atoms with Crippen molar-refractivity contribution in [2.75, 3.05) is 12.4 Å². The molecule has 1 N–H and O–H groups in total. The van der Waals surface area contributed by atoms with Gasteiger partial charge in [-0.2, -0.15) is 0 Å². The fourth-order valence-corrected chi connectivity index (χ4v) is 4.33. The van der Waals surface area contributed by atoms with E-state index in [1.54, 1.807) is 18.4 Å². The average molecular weight is 364 g/mol. The lowest BCUT2D eigenvalue weighted by Gasteiger charge is -2.13. The van der Waals surface area contributed by atoms with E-state index in [1.807, 2.05) is 30.3 Å². The van der Waals surface area contributed by atoms with E-state index in [1.165, 1.54) is 16.0 Å². The second-order valence-corrected chi connectivity index (χ2v) is 7.39. The van der Waals surface area contributed by atoms with Crippen LogP contribution in [0.1, 0.15) is 22.4 Å². The van der Waals surface area contributed by atoms with Crippen molar-refractivity contribution in [3.63, 3.8) is 0 Å². The number of nitrogens with zero attached hydrogens (tertiary/aromatic N) is 1. The summed E-state index contributed by atoms with van der Waals surface area (Å²) in [6.45, 7) is 0. The molecule has 132 valence electrons. The molecule has 0 radical (unpaired) electrons. The molecule has 4 rings (SSSR count). The third-order valence-corrected chi connectivity index (χ3v) is 5.68. The van der Waals surface area contributed by atoms with Gasteiger partial charge in [-0.3, -0.25) is 4.79 Å². The molecule has 1 heterocycles. The van der Waals surface area contributed by atoms with Gasteiger partial charge < -0.3 is 10.1 Å². The highest BCUT2D eigenvalue weighted by Crippen LogP contribution is 2.37. The fourth-order valence-electron chi connectivity index (χ4n) is 3.34. The molecule has 1 aromatic heterocycles. The minimum Gasteiger partial charge on any atom is -0.496 e. The standard InChI is InChI=1S/C21H20N2O2S/c1-25-17-9-5-3-7-15(17)11-13-19(24)22-21-23-20-16-8-4-2-6-14(16)10-12-18(20)26-21/h2-9H,10-13H2,1H3,(H,22,23,24). The van der Waals surface area contributed by atoms with Crippen molar-refractivity contribution < 1.29 is 9.53 Å². The van der Waals surface area contributed by atoms with Gasteiger partial charge in [-0.25, -0.2) is 4.98 Å². The van der Waals surface area contributed by atoms with Crippen LogP contribution in [0.15, 0.2) is 48.5 Å². The SMILES string of the molecule is COc1ccccc1CCC(=O)Nc1nc2c(s1)CCc1ccccc1-2. The van der Waals surface area contributed by atoms with E-state index in [4.69, 9.17) is 4.74 Å². The molecule has 3 aromatic rings. The number of carbonyl (C=O) groups is 1. The maximum atomic E-state index is 12.4. The molecule has 0 unspecified atom stereocenters. The van der Waals surface area contributed by atoms with Crippen molar-refractivity contribution in [2.24, 2.45) is 0 Å². The average Bonchev–Trinajstić information content (AvgIpc) is 3.09. The Morgan fingerprint density at radius 3 is 2.85 bits per heavy atom. The second-order valence-electron chi connectivity index (χ2n) is 6.31. The zero-order valence-electron chi connectivity index (χ0n) is 14.6. The quantitative estimate of drug-likeness (QED) is 0.726. The smallest absolute Gasteiger partial charge is 0.226 e. The summed E-state index contributed by atoms with van der Waals surface area (Å²) in [6, 6.07) is 16.2. The molecule has 1 aliphatic carbocycles. The number of hydrogen-bond acceptors (Lipinski definition) is 4. The van der Waals surface area contributed by atoms with Crippen molar-refractivity contribution in [3.05, 3.63) is 64.5 Å². The number of nitrogens with one attached hydrogen (secondary N) is 1. The van der Waals surface area contributed by atoms with Crippen LogP contribution in [0.3, 0.4) is 0 Å². The molecule has 5 heteroatoms. The molecule has 0 atom stereocenters. The topological polar surface area (TPSA) is 51.2 Å². The number of hydrogen-bond donors (Lipinski definition) is 1. The van der Waals surface area contributed by atoms with E-state index >= 15 is 0 Å². The Kier molecular flexibility index (Phi) is 4.71. The highest BCUT2D eigenvalue weighted by Gasteiger charge is 2.21. The minimum absolute atomic E-state index is 0.0183. The Balaban J connectivity index is 1.44. The number of para-hydroxylation sites is 1. The summed E-state index contributed by atoms with van der Waals surface area (Å²) in [4.78, 5) is 18.3. The van der Waals surface area contributed by atoms with Crippen LogP contribution >= 0.6 is 11.3 Å². The maximum Gasteiger partial charge on any atom is 0.226 e. The van der Waals surface area contributed by atoms with Crippen LogP contribution in [-0.2, 0) is 24.1 Å². The van der Waals surface area contributed by atoms with Gasteiger partial charge in [0.1, 0.15) is 5.75 Å². The van der Waals surface area contributed by atoms with Gasteiger partial charge in [-0.1, -0.05) is 42.5 Å². The van der Waals surface area contributed by atoms with E-state index in [9.17, 15) is 4.79 Å². The van der Waals surface area contributed by atoms with Crippen LogP contribution in [0.5, 0.6) is 5.75 Å². The van der Waals surface area contributed by atoms with E-state index < -0.39 is 0 Å². The lowest BCUT2D eigenvalue weighted by atomic mass is 9.94. The van der Waals surface area contributed by atoms with Gasteiger partial charge >= 0.3 is 0 Å². The van der Waals surface area contributed by atoms with E-state index in [0.29, 0.717) is 18.0 Å². The second kappa shape index (κ2) is 7.30. The number of aromatic nitrogens is 1. The van der Waals surface area contributed by atoms with Gasteiger partial charge in [-0.05, 0) is 36.5 Å². The molecule has 0 spiro atoms. The molecule has 4 nitrogen and oxygen atoms in total. The molecule has 0 aliphatic heterocycles. The van der Waals surface area contributed by atoms with E-state index in [0.717, 1.165) is 29.8 Å². The molecule has 1 aliphatic rings. The highest BCUT2D eigenvalue weighted by molar-refractivity contribution is 7.16. The Morgan fingerprint density at radius 2 is 1.96 bits per heavy atom. The number of rotatable bonds is 5. The number of fused-ring (bicyclic) bond motifs is 3. The number of ether oxygens (including phenoxy) is 1. The Bertz CT molecular complexity index is 949. The number of thiazole rings is 1. The number of methoxy groups -OCH3 is 1. The summed E-state index contributed by atoms with van der Waals surface area (Å²) in [7, 11) is 1.65. The monoisotopic (exact) mass is 364 g/mol. The van der Waals surface area contributed by atoms with E-state index in [2.05, 4.69) is 28.5 Å². The van der Waals surface area contributed by atoms with Crippen molar-refractivity contribution in [3.8, 4) is 17.0 Å². The first-order valence-corrected chi connectivity index (χ1v) is 9.56. The number of benzene rings is 2. The highest BCUT2D eigenvalue weighted by atomic mass is 32.1. The molecule has 0 saturated carbocycles. The number of carbonyl (C=O) groups excluding carboxylic acids is 1. The van der Waals surface area contributed by atoms with E-state index in [-0.39, 0.29) is 5.91 Å². The molecular weight excluding hydrogens is 344 g/mol. The predicted molar refractivity (Wildman–Crippen MR) is 105 cm³/mol. The third kappa shape index (κ3) is 3.35. The lowest BCUT2D eigenvalue weighted by molar-refractivity contribution is -0.116. The van der Waals surface area contributed by atoms with Crippen molar-refractivity contribution in [2.45, 2.75) is 25.7 Å². The van der Waals surface area contributed by atoms with Crippen molar-refractivity contribution in [1.29, 1.82) is 0 Å². The van der Waals surface area contributed by atoms with Crippen molar-refractivity contribution >= 4 is 22.4 Å². The summed E-state index contributed by atoms with van der Waals surface area (Å²) in [5.74, 6) is 0.803. The first-order chi connectivity index (χ1) is 12.7. The number of amides is 1. The molecule has 0 fully saturated rings. The fraction of sp³-hybridized carbons (Fsp3) is 0.238.